The van der Waals surface area contributed by atoms with Crippen molar-refractivity contribution in [3.63, 3.8) is 0 Å². The first-order valence-corrected chi connectivity index (χ1v) is 10.1. The first kappa shape index (κ1) is 26.0. The van der Waals surface area contributed by atoms with Crippen LogP contribution in [0.4, 0.5) is 0 Å². The molecule has 7 nitrogen and oxygen atoms in total. The van der Waals surface area contributed by atoms with Gasteiger partial charge in [0, 0.05) is 38.6 Å². The molecule has 2 rings (SSSR count). The number of guanidine groups is 1. The van der Waals surface area contributed by atoms with Crippen molar-refractivity contribution < 1.29 is 14.2 Å². The minimum absolute atomic E-state index is 0. The Kier molecular flexibility index (Phi) is 13.6. The van der Waals surface area contributed by atoms with Gasteiger partial charge in [0.25, 0.3) is 0 Å². The third-order valence-electron chi connectivity index (χ3n) is 3.93. The molecule has 0 bridgehead atoms. The number of nitrogens with one attached hydrogen (secondary N) is 2. The summed E-state index contributed by atoms with van der Waals surface area (Å²) in [5, 5.41) is 6.55. The van der Waals surface area contributed by atoms with E-state index in [1.54, 1.807) is 13.3 Å². The molecule has 1 aromatic carbocycles. The van der Waals surface area contributed by atoms with Gasteiger partial charge in [0.15, 0.2) is 5.96 Å². The molecule has 0 atom stereocenters. The van der Waals surface area contributed by atoms with Gasteiger partial charge in [-0.1, -0.05) is 13.0 Å². The molecule has 0 amide bonds. The van der Waals surface area contributed by atoms with Crippen LogP contribution in [0.2, 0.25) is 0 Å². The van der Waals surface area contributed by atoms with Crippen LogP contribution >= 0.6 is 24.0 Å². The highest BCUT2D eigenvalue weighted by molar-refractivity contribution is 14.0. The average Bonchev–Trinajstić information content (AvgIpc) is 2.75. The number of methoxy groups -OCH3 is 1. The molecule has 1 aromatic heterocycles. The fraction of sp³-hybridized carbons (Fsp3) is 0.455. The summed E-state index contributed by atoms with van der Waals surface area (Å²) in [6.07, 6.45) is 3.61. The summed E-state index contributed by atoms with van der Waals surface area (Å²) in [5.74, 6) is 2.85. The van der Waals surface area contributed by atoms with Crippen molar-refractivity contribution >= 4 is 29.9 Å². The third kappa shape index (κ3) is 9.62. The van der Waals surface area contributed by atoms with Gasteiger partial charge in [-0.05, 0) is 50.1 Å². The van der Waals surface area contributed by atoms with Gasteiger partial charge >= 0.3 is 0 Å². The molecular formula is C22H33IN4O3. The molecule has 1 heterocycles. The molecule has 0 spiro atoms. The number of rotatable bonds is 12. The molecular weight excluding hydrogens is 495 g/mol. The van der Waals surface area contributed by atoms with Gasteiger partial charge in [-0.3, -0.25) is 0 Å². The van der Waals surface area contributed by atoms with Crippen LogP contribution in [0.1, 0.15) is 32.3 Å². The van der Waals surface area contributed by atoms with Crippen LogP contribution in [0.5, 0.6) is 17.4 Å². The first-order valence-electron chi connectivity index (χ1n) is 10.1. The van der Waals surface area contributed by atoms with Gasteiger partial charge in [-0.15, -0.1) is 24.0 Å². The van der Waals surface area contributed by atoms with Crippen LogP contribution in [0.15, 0.2) is 47.6 Å². The van der Waals surface area contributed by atoms with Crippen molar-refractivity contribution in [3.8, 4) is 17.4 Å². The van der Waals surface area contributed by atoms with Crippen LogP contribution in [0, 0.1) is 0 Å². The molecule has 30 heavy (non-hydrogen) atoms. The van der Waals surface area contributed by atoms with E-state index in [1.807, 2.05) is 43.3 Å². The molecule has 0 fully saturated rings. The summed E-state index contributed by atoms with van der Waals surface area (Å²) in [4.78, 5) is 9.02. The van der Waals surface area contributed by atoms with Gasteiger partial charge < -0.3 is 24.8 Å². The highest BCUT2D eigenvalue weighted by atomic mass is 127. The fourth-order valence-corrected chi connectivity index (χ4v) is 2.50. The van der Waals surface area contributed by atoms with Gasteiger partial charge in [0.1, 0.15) is 11.5 Å². The van der Waals surface area contributed by atoms with E-state index in [0.717, 1.165) is 49.8 Å². The van der Waals surface area contributed by atoms with Gasteiger partial charge in [-0.25, -0.2) is 9.98 Å². The molecule has 0 aliphatic rings. The summed E-state index contributed by atoms with van der Waals surface area (Å²) in [6.45, 7) is 7.59. The topological polar surface area (TPSA) is 77.0 Å². The molecule has 0 aliphatic heterocycles. The van der Waals surface area contributed by atoms with Gasteiger partial charge in [-0.2, -0.15) is 0 Å². The lowest BCUT2D eigenvalue weighted by molar-refractivity contribution is 0.195. The predicted octanol–water partition coefficient (Wildman–Crippen LogP) is 4.37. The lowest BCUT2D eigenvalue weighted by Crippen LogP contribution is -2.38. The summed E-state index contributed by atoms with van der Waals surface area (Å²) in [7, 11) is 1.70. The van der Waals surface area contributed by atoms with E-state index in [0.29, 0.717) is 24.8 Å². The lowest BCUT2D eigenvalue weighted by atomic mass is 10.2. The Labute approximate surface area is 196 Å². The zero-order chi connectivity index (χ0) is 20.7. The largest absolute Gasteiger partial charge is 0.494 e. The second-order valence-electron chi connectivity index (χ2n) is 6.36. The van der Waals surface area contributed by atoms with Gasteiger partial charge in [0.2, 0.25) is 5.88 Å². The Morgan fingerprint density at radius 1 is 1.03 bits per heavy atom. The number of aromatic nitrogens is 1. The van der Waals surface area contributed by atoms with Crippen molar-refractivity contribution in [2.45, 2.75) is 33.2 Å². The monoisotopic (exact) mass is 528 g/mol. The van der Waals surface area contributed by atoms with Crippen LogP contribution in [0.3, 0.4) is 0 Å². The van der Waals surface area contributed by atoms with Crippen molar-refractivity contribution in [1.82, 2.24) is 15.6 Å². The summed E-state index contributed by atoms with van der Waals surface area (Å²) in [6, 6.07) is 11.4. The minimum Gasteiger partial charge on any atom is -0.494 e. The van der Waals surface area contributed by atoms with Crippen LogP contribution in [0.25, 0.3) is 0 Å². The van der Waals surface area contributed by atoms with Crippen molar-refractivity contribution in [1.29, 1.82) is 0 Å². The second kappa shape index (κ2) is 15.7. The first-order chi connectivity index (χ1) is 14.3. The summed E-state index contributed by atoms with van der Waals surface area (Å²) < 4.78 is 16.7. The highest BCUT2D eigenvalue weighted by Crippen LogP contribution is 2.25. The van der Waals surface area contributed by atoms with Crippen molar-refractivity contribution in [2.75, 3.05) is 33.4 Å². The van der Waals surface area contributed by atoms with E-state index in [2.05, 4.69) is 27.5 Å². The lowest BCUT2D eigenvalue weighted by Gasteiger charge is -2.12. The number of ether oxygens (including phenoxy) is 3. The number of pyridine rings is 1. The predicted molar refractivity (Wildman–Crippen MR) is 131 cm³/mol. The summed E-state index contributed by atoms with van der Waals surface area (Å²) >= 11 is 0. The second-order valence-corrected chi connectivity index (χ2v) is 6.36. The number of halogens is 1. The maximum absolute atomic E-state index is 5.98. The van der Waals surface area contributed by atoms with E-state index >= 15 is 0 Å². The highest BCUT2D eigenvalue weighted by Gasteiger charge is 2.07. The fourth-order valence-electron chi connectivity index (χ4n) is 2.50. The SMILES string of the molecule is CCCOc1ccc(Oc2ncccc2CN=C(NCC)NCCCOC)cc1.I. The smallest absolute Gasteiger partial charge is 0.224 e. The van der Waals surface area contributed by atoms with Crippen LogP contribution in [-0.2, 0) is 11.3 Å². The Hall–Kier alpha value is -2.07. The Balaban J connectivity index is 0.00000450. The van der Waals surface area contributed by atoms with E-state index in [4.69, 9.17) is 14.2 Å². The maximum atomic E-state index is 5.98. The van der Waals surface area contributed by atoms with Crippen LogP contribution < -0.4 is 20.1 Å². The Morgan fingerprint density at radius 3 is 2.50 bits per heavy atom. The number of hydrogen-bond donors (Lipinski definition) is 2. The normalized spacial score (nSPS) is 10.8. The average molecular weight is 528 g/mol. The molecule has 0 saturated heterocycles. The molecule has 8 heteroatoms. The summed E-state index contributed by atoms with van der Waals surface area (Å²) in [5.41, 5.74) is 0.910. The molecule has 2 N–H and O–H groups in total. The molecule has 0 unspecified atom stereocenters. The number of benzene rings is 1. The quantitative estimate of drug-likeness (QED) is 0.185. The zero-order valence-corrected chi connectivity index (χ0v) is 20.3. The number of hydrogen-bond acceptors (Lipinski definition) is 5. The van der Waals surface area contributed by atoms with E-state index in [-0.39, 0.29) is 24.0 Å². The van der Waals surface area contributed by atoms with Crippen molar-refractivity contribution in [3.05, 3.63) is 48.2 Å². The third-order valence-corrected chi connectivity index (χ3v) is 3.93. The molecule has 0 saturated carbocycles. The van der Waals surface area contributed by atoms with Gasteiger partial charge in [0.05, 0.1) is 13.2 Å². The number of aliphatic imine (C=N–C) groups is 1. The molecule has 2 aromatic rings. The van der Waals surface area contributed by atoms with Crippen LogP contribution in [-0.4, -0.2) is 44.4 Å². The van der Waals surface area contributed by atoms with E-state index in [9.17, 15) is 0 Å². The van der Waals surface area contributed by atoms with E-state index in [1.165, 1.54) is 0 Å². The maximum Gasteiger partial charge on any atom is 0.224 e. The molecule has 0 aliphatic carbocycles. The Bertz CT molecular complexity index is 741. The zero-order valence-electron chi connectivity index (χ0n) is 18.0. The standard InChI is InChI=1S/C22H32N4O3.HI/c1-4-15-28-19-9-11-20(12-10-19)29-21-18(8-6-13-24-21)17-26-22(23-5-2)25-14-7-16-27-3;/h6,8-13H,4-5,7,14-17H2,1-3H3,(H2,23,25,26);1H. The van der Waals surface area contributed by atoms with Crippen molar-refractivity contribution in [2.24, 2.45) is 4.99 Å². The van der Waals surface area contributed by atoms with E-state index < -0.39 is 0 Å². The molecule has 0 radical (unpaired) electrons. The Morgan fingerprint density at radius 2 is 1.80 bits per heavy atom. The molecule has 166 valence electrons. The minimum atomic E-state index is 0. The number of nitrogens with zero attached hydrogens (tertiary/aromatic N) is 2.